The maximum absolute atomic E-state index is 13.9. The van der Waals surface area contributed by atoms with Gasteiger partial charge in [-0.05, 0) is 75.2 Å². The number of halogens is 2. The van der Waals surface area contributed by atoms with Crippen LogP contribution in [0.3, 0.4) is 0 Å². The van der Waals surface area contributed by atoms with Crippen molar-refractivity contribution in [1.29, 1.82) is 0 Å². The van der Waals surface area contributed by atoms with E-state index >= 15 is 0 Å². The lowest BCUT2D eigenvalue weighted by Gasteiger charge is -2.32. The number of amides is 2. The second-order valence-corrected chi connectivity index (χ2v) is 12.7. The molecule has 0 radical (unpaired) electrons. The van der Waals surface area contributed by atoms with Crippen molar-refractivity contribution in [1.82, 2.24) is 10.2 Å². The standard InChI is InChI=1S/C29H33BrClN3O4S/c1-5-21(3)32-29(36)22(4)33(18-23-8-6-9-24(30)16-23)28(35)19-34(26-11-7-10-25(31)17-26)39(37,38)27-14-12-20(2)13-15-27/h6-17,21-22H,5,18-19H2,1-4H3,(H,32,36)/t21-,22+/m0/s1. The van der Waals surface area contributed by atoms with Gasteiger partial charge in [0.15, 0.2) is 0 Å². The first-order chi connectivity index (χ1) is 18.4. The predicted octanol–water partition coefficient (Wildman–Crippen LogP) is 5.94. The van der Waals surface area contributed by atoms with Crippen molar-refractivity contribution in [2.24, 2.45) is 0 Å². The van der Waals surface area contributed by atoms with Gasteiger partial charge >= 0.3 is 0 Å². The summed E-state index contributed by atoms with van der Waals surface area (Å²) in [6.07, 6.45) is 0.732. The van der Waals surface area contributed by atoms with Gasteiger partial charge in [0, 0.05) is 22.1 Å². The minimum Gasteiger partial charge on any atom is -0.352 e. The third-order valence-electron chi connectivity index (χ3n) is 6.39. The Morgan fingerprint density at radius 1 is 1.00 bits per heavy atom. The number of nitrogens with zero attached hydrogens (tertiary/aromatic N) is 2. The summed E-state index contributed by atoms with van der Waals surface area (Å²) < 4.78 is 29.5. The fourth-order valence-corrected chi connectivity index (χ4v) is 5.91. The van der Waals surface area contributed by atoms with E-state index in [0.717, 1.165) is 26.3 Å². The van der Waals surface area contributed by atoms with E-state index in [1.807, 2.05) is 45.0 Å². The van der Waals surface area contributed by atoms with Crippen molar-refractivity contribution in [3.8, 4) is 0 Å². The molecule has 0 spiro atoms. The highest BCUT2D eigenvalue weighted by atomic mass is 79.9. The average Bonchev–Trinajstić information content (AvgIpc) is 2.89. The molecule has 39 heavy (non-hydrogen) atoms. The number of hydrogen-bond acceptors (Lipinski definition) is 4. The lowest BCUT2D eigenvalue weighted by Crippen LogP contribution is -2.52. The molecule has 0 fully saturated rings. The van der Waals surface area contributed by atoms with Gasteiger partial charge in [-0.25, -0.2) is 8.42 Å². The van der Waals surface area contributed by atoms with E-state index in [0.29, 0.717) is 5.02 Å². The second-order valence-electron chi connectivity index (χ2n) is 9.45. The van der Waals surface area contributed by atoms with Crippen LogP contribution in [0.4, 0.5) is 5.69 Å². The summed E-state index contributed by atoms with van der Waals surface area (Å²) in [5, 5.41) is 3.25. The molecule has 2 amide bonds. The first-order valence-electron chi connectivity index (χ1n) is 12.6. The number of anilines is 1. The maximum Gasteiger partial charge on any atom is 0.264 e. The van der Waals surface area contributed by atoms with Gasteiger partial charge < -0.3 is 10.2 Å². The number of carbonyl (C=O) groups excluding carboxylic acids is 2. The maximum atomic E-state index is 13.9. The molecule has 0 bridgehead atoms. The number of hydrogen-bond donors (Lipinski definition) is 1. The Labute approximate surface area is 244 Å². The molecule has 0 unspecified atom stereocenters. The smallest absolute Gasteiger partial charge is 0.264 e. The van der Waals surface area contributed by atoms with Gasteiger partial charge in [0.05, 0.1) is 10.6 Å². The fourth-order valence-electron chi connectivity index (χ4n) is 3.88. The molecule has 208 valence electrons. The van der Waals surface area contributed by atoms with E-state index < -0.39 is 28.5 Å². The van der Waals surface area contributed by atoms with Crippen molar-refractivity contribution in [2.45, 2.75) is 57.6 Å². The van der Waals surface area contributed by atoms with Crippen molar-refractivity contribution in [3.63, 3.8) is 0 Å². The van der Waals surface area contributed by atoms with Crippen LogP contribution in [0.5, 0.6) is 0 Å². The lowest BCUT2D eigenvalue weighted by atomic mass is 10.1. The molecule has 10 heteroatoms. The molecule has 3 rings (SSSR count). The molecule has 0 aliphatic rings. The van der Waals surface area contributed by atoms with E-state index in [-0.39, 0.29) is 29.1 Å². The normalized spacial score (nSPS) is 12.9. The molecule has 0 saturated heterocycles. The molecule has 2 atom stereocenters. The van der Waals surface area contributed by atoms with E-state index in [1.54, 1.807) is 37.3 Å². The lowest BCUT2D eigenvalue weighted by molar-refractivity contribution is -0.139. The first-order valence-corrected chi connectivity index (χ1v) is 15.2. The van der Waals surface area contributed by atoms with Crippen LogP contribution >= 0.6 is 27.5 Å². The Morgan fingerprint density at radius 3 is 2.28 bits per heavy atom. The quantitative estimate of drug-likeness (QED) is 0.283. The molecule has 7 nitrogen and oxygen atoms in total. The third-order valence-corrected chi connectivity index (χ3v) is 8.91. The summed E-state index contributed by atoms with van der Waals surface area (Å²) in [5.41, 5.74) is 1.94. The van der Waals surface area contributed by atoms with Crippen LogP contribution in [0, 0.1) is 6.92 Å². The van der Waals surface area contributed by atoms with Crippen LogP contribution in [-0.2, 0) is 26.2 Å². The highest BCUT2D eigenvalue weighted by molar-refractivity contribution is 9.10. The van der Waals surface area contributed by atoms with Crippen molar-refractivity contribution >= 4 is 55.1 Å². The van der Waals surface area contributed by atoms with Gasteiger partial charge in [-0.1, -0.05) is 70.3 Å². The summed E-state index contributed by atoms with van der Waals surface area (Å²) in [5.74, 6) is -0.846. The SMILES string of the molecule is CC[C@H](C)NC(=O)[C@@H](C)N(Cc1cccc(Br)c1)C(=O)CN(c1cccc(Cl)c1)S(=O)(=O)c1ccc(C)cc1. The van der Waals surface area contributed by atoms with Crippen LogP contribution in [0.25, 0.3) is 0 Å². The summed E-state index contributed by atoms with van der Waals surface area (Å²) in [6, 6.07) is 19.2. The van der Waals surface area contributed by atoms with Gasteiger partial charge in [0.2, 0.25) is 11.8 Å². The number of aryl methyl sites for hydroxylation is 1. The molecular weight excluding hydrogens is 602 g/mol. The minimum atomic E-state index is -4.15. The van der Waals surface area contributed by atoms with E-state index in [4.69, 9.17) is 11.6 Å². The van der Waals surface area contributed by atoms with Crippen LogP contribution in [-0.4, -0.2) is 43.8 Å². The third kappa shape index (κ3) is 8.06. The van der Waals surface area contributed by atoms with Crippen LogP contribution in [0.1, 0.15) is 38.3 Å². The molecule has 1 N–H and O–H groups in total. The van der Waals surface area contributed by atoms with Gasteiger partial charge in [-0.3, -0.25) is 13.9 Å². The number of benzene rings is 3. The van der Waals surface area contributed by atoms with Crippen LogP contribution < -0.4 is 9.62 Å². The van der Waals surface area contributed by atoms with E-state index in [1.165, 1.54) is 23.1 Å². The number of rotatable bonds is 11. The average molecular weight is 635 g/mol. The Hall–Kier alpha value is -2.88. The molecule has 0 heterocycles. The molecule has 0 aromatic heterocycles. The highest BCUT2D eigenvalue weighted by Gasteiger charge is 2.33. The number of carbonyl (C=O) groups is 2. The van der Waals surface area contributed by atoms with Gasteiger partial charge in [-0.2, -0.15) is 0 Å². The summed E-state index contributed by atoms with van der Waals surface area (Å²) >= 11 is 9.66. The monoisotopic (exact) mass is 633 g/mol. The topological polar surface area (TPSA) is 86.8 Å². The largest absolute Gasteiger partial charge is 0.352 e. The molecule has 3 aromatic rings. The summed E-state index contributed by atoms with van der Waals surface area (Å²) in [7, 11) is -4.15. The zero-order valence-corrected chi connectivity index (χ0v) is 25.6. The molecular formula is C29H33BrClN3O4S. The van der Waals surface area contributed by atoms with Crippen molar-refractivity contribution in [2.75, 3.05) is 10.8 Å². The van der Waals surface area contributed by atoms with Crippen LogP contribution in [0.2, 0.25) is 5.02 Å². The Morgan fingerprint density at radius 2 is 1.67 bits per heavy atom. The Kier molecular flexibility index (Phi) is 10.6. The molecule has 0 aliphatic carbocycles. The fraction of sp³-hybridized carbons (Fsp3) is 0.310. The Balaban J connectivity index is 2.03. The number of sulfonamides is 1. The Bertz CT molecular complexity index is 1420. The zero-order chi connectivity index (χ0) is 28.7. The van der Waals surface area contributed by atoms with Gasteiger partial charge in [-0.15, -0.1) is 0 Å². The van der Waals surface area contributed by atoms with Gasteiger partial charge in [0.1, 0.15) is 12.6 Å². The molecule has 0 saturated carbocycles. The highest BCUT2D eigenvalue weighted by Crippen LogP contribution is 2.27. The first kappa shape index (κ1) is 30.7. The van der Waals surface area contributed by atoms with Gasteiger partial charge in [0.25, 0.3) is 10.0 Å². The van der Waals surface area contributed by atoms with Crippen LogP contribution in [0.15, 0.2) is 82.2 Å². The molecule has 3 aromatic carbocycles. The van der Waals surface area contributed by atoms with Crippen molar-refractivity contribution < 1.29 is 18.0 Å². The van der Waals surface area contributed by atoms with E-state index in [9.17, 15) is 18.0 Å². The second kappa shape index (κ2) is 13.5. The summed E-state index contributed by atoms with van der Waals surface area (Å²) in [4.78, 5) is 28.5. The number of nitrogens with one attached hydrogen (secondary N) is 1. The predicted molar refractivity (Wildman–Crippen MR) is 159 cm³/mol. The van der Waals surface area contributed by atoms with Crippen molar-refractivity contribution in [3.05, 3.63) is 93.4 Å². The minimum absolute atomic E-state index is 0.0435. The molecule has 0 aliphatic heterocycles. The zero-order valence-electron chi connectivity index (χ0n) is 22.4. The summed E-state index contributed by atoms with van der Waals surface area (Å²) in [6.45, 7) is 6.94. The van der Waals surface area contributed by atoms with E-state index in [2.05, 4.69) is 21.2 Å².